The Morgan fingerprint density at radius 1 is 0.789 bits per heavy atom. The summed E-state index contributed by atoms with van der Waals surface area (Å²) in [5.74, 6) is 0.0138. The van der Waals surface area contributed by atoms with Crippen LogP contribution in [0.2, 0.25) is 0 Å². The highest BCUT2D eigenvalue weighted by molar-refractivity contribution is 5.86. The van der Waals surface area contributed by atoms with Crippen molar-refractivity contribution < 1.29 is 13.2 Å². The zero-order valence-corrected chi connectivity index (χ0v) is 19.8. The largest absolute Gasteiger partial charge is 0.416 e. The molecule has 2 aromatic heterocycles. The molecule has 5 nitrogen and oxygen atoms in total. The van der Waals surface area contributed by atoms with E-state index in [0.29, 0.717) is 16.6 Å². The summed E-state index contributed by atoms with van der Waals surface area (Å²) in [5.41, 5.74) is 0.759. The van der Waals surface area contributed by atoms with Gasteiger partial charge in [-0.1, -0.05) is 54.6 Å². The molecule has 6 aromatic rings. The molecular weight excluding hydrogens is 489 g/mol. The summed E-state index contributed by atoms with van der Waals surface area (Å²) >= 11 is 0. The minimum absolute atomic E-state index is 0.0138. The van der Waals surface area contributed by atoms with E-state index >= 15 is 0 Å². The second-order valence-corrected chi connectivity index (χ2v) is 8.73. The molecule has 0 aliphatic rings. The summed E-state index contributed by atoms with van der Waals surface area (Å²) in [5, 5.41) is 6.92. The SMILES string of the molecule is O=c1c2ccccc2nc(-c2cccc(C(F)(F)F)c2)n1N=Cc1cccn1-c1ccc2ccccc2c1. The predicted molar refractivity (Wildman–Crippen MR) is 143 cm³/mol. The van der Waals surface area contributed by atoms with E-state index in [1.807, 2.05) is 65.4 Å². The van der Waals surface area contributed by atoms with Gasteiger partial charge in [0.25, 0.3) is 5.56 Å². The second kappa shape index (κ2) is 9.15. The van der Waals surface area contributed by atoms with Crippen molar-refractivity contribution in [3.63, 3.8) is 0 Å². The van der Waals surface area contributed by atoms with Gasteiger partial charge in [-0.25, -0.2) is 4.98 Å². The van der Waals surface area contributed by atoms with Crippen LogP contribution in [-0.4, -0.2) is 20.4 Å². The van der Waals surface area contributed by atoms with Crippen molar-refractivity contribution in [3.8, 4) is 17.1 Å². The van der Waals surface area contributed by atoms with Crippen molar-refractivity contribution in [1.82, 2.24) is 14.2 Å². The number of alkyl halides is 3. The van der Waals surface area contributed by atoms with Crippen molar-refractivity contribution in [1.29, 1.82) is 0 Å². The summed E-state index contributed by atoms with van der Waals surface area (Å²) in [6.07, 6.45) is -1.16. The minimum Gasteiger partial charge on any atom is -0.316 e. The summed E-state index contributed by atoms with van der Waals surface area (Å²) in [4.78, 5) is 18.0. The summed E-state index contributed by atoms with van der Waals surface area (Å²) < 4.78 is 43.3. The quantitative estimate of drug-likeness (QED) is 0.243. The standard InChI is InChI=1S/C30H19F3N4O/c31-30(32,33)23-10-5-9-22(17-23)28-35-27-13-4-3-12-26(27)29(38)37(28)34-19-25-11-6-16-36(25)24-15-14-20-7-1-2-8-21(20)18-24/h1-19H. The highest BCUT2D eigenvalue weighted by atomic mass is 19.4. The van der Waals surface area contributed by atoms with Crippen LogP contribution in [0.3, 0.4) is 0 Å². The Morgan fingerprint density at radius 2 is 1.58 bits per heavy atom. The molecule has 186 valence electrons. The maximum absolute atomic E-state index is 13.4. The van der Waals surface area contributed by atoms with Crippen molar-refractivity contribution in [2.45, 2.75) is 6.18 Å². The molecule has 0 spiro atoms. The average molecular weight is 509 g/mol. The smallest absolute Gasteiger partial charge is 0.316 e. The number of rotatable bonds is 4. The fourth-order valence-electron chi connectivity index (χ4n) is 4.43. The zero-order chi connectivity index (χ0) is 26.3. The Kier molecular flexibility index (Phi) is 5.64. The van der Waals surface area contributed by atoms with E-state index in [9.17, 15) is 18.0 Å². The third-order valence-corrected chi connectivity index (χ3v) is 6.30. The van der Waals surface area contributed by atoms with Gasteiger partial charge >= 0.3 is 6.18 Å². The lowest BCUT2D eigenvalue weighted by Gasteiger charge is -2.12. The molecule has 0 aliphatic carbocycles. The van der Waals surface area contributed by atoms with Gasteiger partial charge in [0.15, 0.2) is 5.82 Å². The van der Waals surface area contributed by atoms with E-state index in [1.165, 1.54) is 18.3 Å². The van der Waals surface area contributed by atoms with Crippen LogP contribution >= 0.6 is 0 Å². The van der Waals surface area contributed by atoms with Gasteiger partial charge in [-0.3, -0.25) is 4.79 Å². The third-order valence-electron chi connectivity index (χ3n) is 6.30. The lowest BCUT2D eigenvalue weighted by Crippen LogP contribution is -2.20. The highest BCUT2D eigenvalue weighted by Crippen LogP contribution is 2.32. The molecule has 0 N–H and O–H groups in total. The molecule has 0 saturated heterocycles. The predicted octanol–water partition coefficient (Wildman–Crippen LogP) is 6.91. The molecule has 0 fully saturated rings. The van der Waals surface area contributed by atoms with Crippen LogP contribution in [0.4, 0.5) is 13.2 Å². The van der Waals surface area contributed by atoms with Crippen LogP contribution in [0.25, 0.3) is 38.8 Å². The highest BCUT2D eigenvalue weighted by Gasteiger charge is 2.31. The lowest BCUT2D eigenvalue weighted by molar-refractivity contribution is -0.137. The molecule has 6 rings (SSSR count). The number of aromatic nitrogens is 3. The van der Waals surface area contributed by atoms with Crippen LogP contribution < -0.4 is 5.56 Å². The molecule has 0 amide bonds. The number of benzene rings is 4. The van der Waals surface area contributed by atoms with Crippen molar-refractivity contribution in [2.24, 2.45) is 5.10 Å². The van der Waals surface area contributed by atoms with Gasteiger partial charge in [0.2, 0.25) is 0 Å². The molecule has 0 bridgehead atoms. The number of hydrogen-bond acceptors (Lipinski definition) is 3. The molecule has 0 atom stereocenters. The molecule has 2 heterocycles. The summed E-state index contributed by atoms with van der Waals surface area (Å²) in [7, 11) is 0. The molecule has 0 aliphatic heterocycles. The first-order chi connectivity index (χ1) is 18.4. The van der Waals surface area contributed by atoms with Gasteiger partial charge in [-0.05, 0) is 59.3 Å². The number of fused-ring (bicyclic) bond motifs is 2. The number of halogens is 3. The van der Waals surface area contributed by atoms with E-state index in [2.05, 4.69) is 10.1 Å². The van der Waals surface area contributed by atoms with E-state index in [0.717, 1.165) is 33.3 Å². The van der Waals surface area contributed by atoms with Crippen LogP contribution in [-0.2, 0) is 6.18 Å². The number of hydrogen-bond donors (Lipinski definition) is 0. The normalized spacial score (nSPS) is 12.1. The van der Waals surface area contributed by atoms with E-state index in [1.54, 1.807) is 24.3 Å². The van der Waals surface area contributed by atoms with Crippen LogP contribution in [0.1, 0.15) is 11.3 Å². The second-order valence-electron chi connectivity index (χ2n) is 8.73. The van der Waals surface area contributed by atoms with Crippen LogP contribution in [0.5, 0.6) is 0 Å². The Morgan fingerprint density at radius 3 is 2.42 bits per heavy atom. The summed E-state index contributed by atoms with van der Waals surface area (Å²) in [6.45, 7) is 0. The maximum Gasteiger partial charge on any atom is 0.416 e. The first kappa shape index (κ1) is 23.4. The lowest BCUT2D eigenvalue weighted by atomic mass is 10.1. The first-order valence-electron chi connectivity index (χ1n) is 11.8. The maximum atomic E-state index is 13.4. The molecule has 0 saturated carbocycles. The average Bonchev–Trinajstić information content (AvgIpc) is 3.40. The number of nitrogens with zero attached hydrogens (tertiary/aromatic N) is 4. The Balaban J connectivity index is 1.49. The zero-order valence-electron chi connectivity index (χ0n) is 19.8. The van der Waals surface area contributed by atoms with Gasteiger partial charge in [-0.15, -0.1) is 0 Å². The Hall–Kier alpha value is -4.98. The van der Waals surface area contributed by atoms with Gasteiger partial charge in [0.1, 0.15) is 0 Å². The van der Waals surface area contributed by atoms with Crippen LogP contribution in [0.15, 0.2) is 119 Å². The first-order valence-corrected chi connectivity index (χ1v) is 11.8. The fraction of sp³-hybridized carbons (Fsp3) is 0.0333. The van der Waals surface area contributed by atoms with Crippen molar-refractivity contribution in [2.75, 3.05) is 0 Å². The van der Waals surface area contributed by atoms with E-state index < -0.39 is 17.3 Å². The molecule has 8 heteroatoms. The van der Waals surface area contributed by atoms with Gasteiger partial charge in [0.05, 0.1) is 28.4 Å². The van der Waals surface area contributed by atoms with Crippen molar-refractivity contribution in [3.05, 3.63) is 131 Å². The molecular formula is C30H19F3N4O. The van der Waals surface area contributed by atoms with Gasteiger partial charge < -0.3 is 4.57 Å². The Labute approximate surface area is 214 Å². The van der Waals surface area contributed by atoms with Crippen LogP contribution in [0, 0.1) is 0 Å². The fourth-order valence-corrected chi connectivity index (χ4v) is 4.43. The minimum atomic E-state index is -4.54. The number of para-hydroxylation sites is 1. The molecule has 0 unspecified atom stereocenters. The third kappa shape index (κ3) is 4.26. The van der Waals surface area contributed by atoms with E-state index in [-0.39, 0.29) is 11.4 Å². The molecule has 38 heavy (non-hydrogen) atoms. The monoisotopic (exact) mass is 508 g/mol. The van der Waals surface area contributed by atoms with Gasteiger partial charge in [0, 0.05) is 17.4 Å². The van der Waals surface area contributed by atoms with E-state index in [4.69, 9.17) is 0 Å². The Bertz CT molecular complexity index is 1900. The van der Waals surface area contributed by atoms with Gasteiger partial charge in [-0.2, -0.15) is 22.9 Å². The van der Waals surface area contributed by atoms with Crippen molar-refractivity contribution >= 4 is 27.9 Å². The molecule has 4 aromatic carbocycles. The topological polar surface area (TPSA) is 52.2 Å². The summed E-state index contributed by atoms with van der Waals surface area (Å²) in [6, 6.07) is 29.2. The molecule has 0 radical (unpaired) electrons.